The summed E-state index contributed by atoms with van der Waals surface area (Å²) in [5.74, 6) is -0.483. The summed E-state index contributed by atoms with van der Waals surface area (Å²) in [4.78, 5) is 11.4. The van der Waals surface area contributed by atoms with E-state index in [1.165, 1.54) is 5.56 Å². The lowest BCUT2D eigenvalue weighted by molar-refractivity contribution is -0.120. The summed E-state index contributed by atoms with van der Waals surface area (Å²) < 4.78 is 27.2. The van der Waals surface area contributed by atoms with Crippen LogP contribution in [0.3, 0.4) is 0 Å². The van der Waals surface area contributed by atoms with Crippen molar-refractivity contribution in [1.82, 2.24) is 9.44 Å². The average Bonchev–Trinajstić information content (AvgIpc) is 2.25. The van der Waals surface area contributed by atoms with Crippen LogP contribution < -0.4 is 9.44 Å². The highest BCUT2D eigenvalue weighted by Crippen LogP contribution is 2.26. The maximum Gasteiger partial charge on any atom is 0.301 e. The Balaban J connectivity index is 2.25. The summed E-state index contributed by atoms with van der Waals surface area (Å²) in [5, 5.41) is 0. The molecule has 1 heterocycles. The van der Waals surface area contributed by atoms with E-state index in [0.29, 0.717) is 0 Å². The minimum atomic E-state index is -3.72. The molecular weight excluding hydrogens is 264 g/mol. The van der Waals surface area contributed by atoms with Crippen LogP contribution in [0.1, 0.15) is 44.4 Å². The van der Waals surface area contributed by atoms with Crippen LogP contribution in [0.15, 0.2) is 24.3 Å². The first-order valence-electron chi connectivity index (χ1n) is 6.11. The van der Waals surface area contributed by atoms with E-state index >= 15 is 0 Å². The second-order valence-corrected chi connectivity index (χ2v) is 7.22. The molecule has 1 unspecified atom stereocenters. The maximum atomic E-state index is 11.4. The SMILES string of the molecule is CC(C)(C)c1ccc(C2CC(=O)NS(=O)(=O)N2)cc1. The molecule has 1 amide bonds. The highest BCUT2D eigenvalue weighted by atomic mass is 32.2. The number of benzene rings is 1. The first-order valence-corrected chi connectivity index (χ1v) is 7.59. The third-order valence-electron chi connectivity index (χ3n) is 3.11. The third-order valence-corrected chi connectivity index (χ3v) is 4.21. The molecule has 0 spiro atoms. The Kier molecular flexibility index (Phi) is 3.40. The van der Waals surface area contributed by atoms with E-state index < -0.39 is 22.2 Å². The second kappa shape index (κ2) is 4.61. The fourth-order valence-electron chi connectivity index (χ4n) is 2.04. The molecule has 0 aromatic heterocycles. The Morgan fingerprint density at radius 2 is 1.74 bits per heavy atom. The van der Waals surface area contributed by atoms with Crippen LogP contribution in [-0.4, -0.2) is 14.3 Å². The Morgan fingerprint density at radius 1 is 1.16 bits per heavy atom. The molecule has 104 valence electrons. The van der Waals surface area contributed by atoms with Crippen molar-refractivity contribution in [1.29, 1.82) is 0 Å². The standard InChI is InChI=1S/C13H18N2O3S/c1-13(2,3)10-6-4-9(5-7-10)11-8-12(16)15-19(17,18)14-11/h4-7,11,14H,8H2,1-3H3,(H,15,16). The van der Waals surface area contributed by atoms with Crippen molar-refractivity contribution in [3.8, 4) is 0 Å². The van der Waals surface area contributed by atoms with Gasteiger partial charge in [0, 0.05) is 6.42 Å². The number of rotatable bonds is 1. The molecule has 0 bridgehead atoms. The normalized spacial score (nSPS) is 22.9. The smallest absolute Gasteiger partial charge is 0.274 e. The summed E-state index contributed by atoms with van der Waals surface area (Å²) in [5.41, 5.74) is 2.01. The number of nitrogens with one attached hydrogen (secondary N) is 2. The minimum absolute atomic E-state index is 0.0436. The monoisotopic (exact) mass is 282 g/mol. The lowest BCUT2D eigenvalue weighted by atomic mass is 9.86. The van der Waals surface area contributed by atoms with Gasteiger partial charge < -0.3 is 0 Å². The molecule has 19 heavy (non-hydrogen) atoms. The third kappa shape index (κ3) is 3.33. The molecular formula is C13H18N2O3S. The molecule has 6 heteroatoms. The average molecular weight is 282 g/mol. The largest absolute Gasteiger partial charge is 0.301 e. The van der Waals surface area contributed by atoms with E-state index in [9.17, 15) is 13.2 Å². The molecule has 2 rings (SSSR count). The lowest BCUT2D eigenvalue weighted by Crippen LogP contribution is -2.48. The number of amides is 1. The highest BCUT2D eigenvalue weighted by molar-refractivity contribution is 7.88. The van der Waals surface area contributed by atoms with Gasteiger partial charge in [-0.3, -0.25) is 4.79 Å². The van der Waals surface area contributed by atoms with E-state index in [2.05, 4.69) is 25.5 Å². The van der Waals surface area contributed by atoms with E-state index in [1.54, 1.807) is 0 Å². The molecule has 0 aliphatic carbocycles. The van der Waals surface area contributed by atoms with Crippen molar-refractivity contribution in [2.24, 2.45) is 0 Å². The molecule has 5 nitrogen and oxygen atoms in total. The van der Waals surface area contributed by atoms with Crippen molar-refractivity contribution in [2.45, 2.75) is 38.6 Å². The molecule has 0 saturated carbocycles. The van der Waals surface area contributed by atoms with Gasteiger partial charge in [-0.2, -0.15) is 13.1 Å². The van der Waals surface area contributed by atoms with Crippen molar-refractivity contribution in [2.75, 3.05) is 0 Å². The van der Waals surface area contributed by atoms with Gasteiger partial charge in [-0.1, -0.05) is 45.0 Å². The predicted molar refractivity (Wildman–Crippen MR) is 72.7 cm³/mol. The summed E-state index contributed by atoms with van der Waals surface area (Å²) in [6.45, 7) is 6.33. The molecule has 1 atom stereocenters. The predicted octanol–water partition coefficient (Wildman–Crippen LogP) is 1.38. The first kappa shape index (κ1) is 14.0. The van der Waals surface area contributed by atoms with Crippen LogP contribution in [-0.2, 0) is 20.4 Å². The highest BCUT2D eigenvalue weighted by Gasteiger charge is 2.29. The van der Waals surface area contributed by atoms with Gasteiger partial charge in [-0.25, -0.2) is 4.72 Å². The molecule has 1 saturated heterocycles. The Bertz CT molecular complexity index is 585. The zero-order valence-corrected chi connectivity index (χ0v) is 12.0. The van der Waals surface area contributed by atoms with Gasteiger partial charge in [-0.15, -0.1) is 0 Å². The van der Waals surface area contributed by atoms with Crippen LogP contribution in [0.4, 0.5) is 0 Å². The minimum Gasteiger partial charge on any atom is -0.274 e. The number of hydrogen-bond donors (Lipinski definition) is 2. The zero-order valence-electron chi connectivity index (χ0n) is 11.2. The molecule has 1 aromatic carbocycles. The zero-order chi connectivity index (χ0) is 14.3. The number of carbonyl (C=O) groups is 1. The number of hydrogen-bond acceptors (Lipinski definition) is 3. The van der Waals surface area contributed by atoms with Gasteiger partial charge in [0.1, 0.15) is 0 Å². The fourth-order valence-corrected chi connectivity index (χ4v) is 3.07. The molecule has 1 aliphatic rings. The van der Waals surface area contributed by atoms with E-state index in [0.717, 1.165) is 5.56 Å². The Labute approximate surface area is 113 Å². The summed E-state index contributed by atoms with van der Waals surface area (Å²) in [6, 6.07) is 7.18. The van der Waals surface area contributed by atoms with E-state index in [4.69, 9.17) is 0 Å². The van der Waals surface area contributed by atoms with Gasteiger partial charge in [0.25, 0.3) is 0 Å². The topological polar surface area (TPSA) is 75.3 Å². The van der Waals surface area contributed by atoms with Crippen molar-refractivity contribution in [3.05, 3.63) is 35.4 Å². The molecule has 2 N–H and O–H groups in total. The van der Waals surface area contributed by atoms with Crippen LogP contribution in [0.2, 0.25) is 0 Å². The molecule has 1 fully saturated rings. The molecule has 1 aliphatic heterocycles. The summed E-state index contributed by atoms with van der Waals surface area (Å²) in [7, 11) is -3.72. The van der Waals surface area contributed by atoms with Crippen LogP contribution >= 0.6 is 0 Å². The van der Waals surface area contributed by atoms with E-state index in [-0.39, 0.29) is 11.8 Å². The first-order chi connectivity index (χ1) is 8.67. The second-order valence-electron chi connectivity index (χ2n) is 5.78. The van der Waals surface area contributed by atoms with Crippen molar-refractivity contribution >= 4 is 16.1 Å². The molecule has 1 aromatic rings. The van der Waals surface area contributed by atoms with Gasteiger partial charge in [0.15, 0.2) is 0 Å². The maximum absolute atomic E-state index is 11.4. The van der Waals surface area contributed by atoms with Crippen molar-refractivity contribution in [3.63, 3.8) is 0 Å². The number of carbonyl (C=O) groups excluding carboxylic acids is 1. The van der Waals surface area contributed by atoms with Crippen LogP contribution in [0.25, 0.3) is 0 Å². The van der Waals surface area contributed by atoms with Gasteiger partial charge in [0.05, 0.1) is 6.04 Å². The van der Waals surface area contributed by atoms with Crippen LogP contribution in [0.5, 0.6) is 0 Å². The van der Waals surface area contributed by atoms with Gasteiger partial charge in [0.2, 0.25) is 5.91 Å². The van der Waals surface area contributed by atoms with Gasteiger partial charge >= 0.3 is 10.2 Å². The van der Waals surface area contributed by atoms with Crippen LogP contribution in [0, 0.1) is 0 Å². The Morgan fingerprint density at radius 3 is 2.21 bits per heavy atom. The Hall–Kier alpha value is -1.40. The summed E-state index contributed by atoms with van der Waals surface area (Å²) in [6.07, 6.45) is 0.119. The quantitative estimate of drug-likeness (QED) is 0.817. The lowest BCUT2D eigenvalue weighted by Gasteiger charge is -2.25. The fraction of sp³-hybridized carbons (Fsp3) is 0.462. The molecule has 0 radical (unpaired) electrons. The van der Waals surface area contributed by atoms with Gasteiger partial charge in [-0.05, 0) is 16.5 Å². The van der Waals surface area contributed by atoms with E-state index in [1.807, 2.05) is 29.0 Å². The van der Waals surface area contributed by atoms with Crippen molar-refractivity contribution < 1.29 is 13.2 Å². The summed E-state index contributed by atoms with van der Waals surface area (Å²) >= 11 is 0.